The summed E-state index contributed by atoms with van der Waals surface area (Å²) in [5, 5.41) is 10.5. The summed E-state index contributed by atoms with van der Waals surface area (Å²) >= 11 is 0. The van der Waals surface area contributed by atoms with E-state index in [2.05, 4.69) is 11.6 Å². The number of benzene rings is 1. The minimum Gasteiger partial charge on any atom is -0.258 e. The van der Waals surface area contributed by atoms with Gasteiger partial charge in [-0.15, -0.1) is 0 Å². The van der Waals surface area contributed by atoms with Gasteiger partial charge in [0.1, 0.15) is 0 Å². The van der Waals surface area contributed by atoms with E-state index in [-0.39, 0.29) is 10.9 Å². The Labute approximate surface area is 123 Å². The van der Waals surface area contributed by atoms with Crippen LogP contribution in [0.3, 0.4) is 0 Å². The average molecular weight is 318 g/mol. The molecule has 0 fully saturated rings. The zero-order valence-corrected chi connectivity index (χ0v) is 12.8. The fourth-order valence-electron chi connectivity index (χ4n) is 1.90. The molecule has 0 spiro atoms. The van der Waals surface area contributed by atoms with Gasteiger partial charge in [0.25, 0.3) is 0 Å². The molecule has 1 unspecified atom stereocenters. The minimum atomic E-state index is -3.87. The van der Waals surface area contributed by atoms with Crippen LogP contribution in [0.15, 0.2) is 23.1 Å². The maximum absolute atomic E-state index is 13.5. The van der Waals surface area contributed by atoms with Gasteiger partial charge in [-0.25, -0.2) is 13.1 Å². The van der Waals surface area contributed by atoms with Crippen molar-refractivity contribution in [3.8, 4) is 0 Å². The van der Waals surface area contributed by atoms with E-state index >= 15 is 0 Å². The van der Waals surface area contributed by atoms with Crippen LogP contribution < -0.4 is 4.72 Å². The second-order valence-electron chi connectivity index (χ2n) is 4.89. The van der Waals surface area contributed by atoms with Crippen molar-refractivity contribution in [1.29, 1.82) is 0 Å². The zero-order valence-electron chi connectivity index (χ0n) is 12.0. The van der Waals surface area contributed by atoms with E-state index in [9.17, 15) is 22.9 Å². The van der Waals surface area contributed by atoms with Crippen LogP contribution in [0.25, 0.3) is 0 Å². The highest BCUT2D eigenvalue weighted by Crippen LogP contribution is 2.21. The largest absolute Gasteiger partial charge is 0.304 e. The molecular formula is C13H19FN2O4S. The zero-order chi connectivity index (χ0) is 16.0. The molecule has 0 aliphatic rings. The van der Waals surface area contributed by atoms with Crippen LogP contribution in [-0.4, -0.2) is 19.4 Å². The summed E-state index contributed by atoms with van der Waals surface area (Å²) in [6.07, 6.45) is 3.63. The lowest BCUT2D eigenvalue weighted by atomic mass is 10.1. The standard InChI is InChI=1S/C13H19FN2O4S/c1-3-4-5-6-10(2)15-21(19,20)11-7-8-13(16(17)18)12(14)9-11/h7-10,15H,3-6H2,1-2H3. The Kier molecular flexibility index (Phi) is 6.22. The van der Waals surface area contributed by atoms with Crippen LogP contribution in [0.1, 0.15) is 39.5 Å². The highest BCUT2D eigenvalue weighted by Gasteiger charge is 2.22. The fourth-order valence-corrected chi connectivity index (χ4v) is 3.18. The van der Waals surface area contributed by atoms with E-state index in [1.165, 1.54) is 0 Å². The lowest BCUT2D eigenvalue weighted by molar-refractivity contribution is -0.387. The summed E-state index contributed by atoms with van der Waals surface area (Å²) in [5.41, 5.74) is -0.745. The summed E-state index contributed by atoms with van der Waals surface area (Å²) in [7, 11) is -3.87. The molecule has 0 aromatic heterocycles. The molecule has 6 nitrogen and oxygen atoms in total. The van der Waals surface area contributed by atoms with Gasteiger partial charge in [0.2, 0.25) is 15.8 Å². The molecular weight excluding hydrogens is 299 g/mol. The lowest BCUT2D eigenvalue weighted by Gasteiger charge is -2.14. The Morgan fingerprint density at radius 3 is 2.57 bits per heavy atom. The first kappa shape index (κ1) is 17.5. The van der Waals surface area contributed by atoms with Crippen LogP contribution in [0.5, 0.6) is 0 Å². The summed E-state index contributed by atoms with van der Waals surface area (Å²) in [6.45, 7) is 3.78. The van der Waals surface area contributed by atoms with Gasteiger partial charge in [-0.2, -0.15) is 4.39 Å². The van der Waals surface area contributed by atoms with Gasteiger partial charge in [-0.1, -0.05) is 26.2 Å². The number of nitrogens with one attached hydrogen (secondary N) is 1. The van der Waals surface area contributed by atoms with Crippen molar-refractivity contribution in [2.24, 2.45) is 0 Å². The predicted octanol–water partition coefficient (Wildman–Crippen LogP) is 2.98. The van der Waals surface area contributed by atoms with E-state index in [0.717, 1.165) is 31.4 Å². The van der Waals surface area contributed by atoms with Crippen LogP contribution in [0.4, 0.5) is 10.1 Å². The van der Waals surface area contributed by atoms with Gasteiger partial charge in [0, 0.05) is 18.2 Å². The van der Waals surface area contributed by atoms with Crippen LogP contribution in [0.2, 0.25) is 0 Å². The topological polar surface area (TPSA) is 89.3 Å². The van der Waals surface area contributed by atoms with Crippen molar-refractivity contribution in [1.82, 2.24) is 4.72 Å². The molecule has 1 atom stereocenters. The second-order valence-corrected chi connectivity index (χ2v) is 6.60. The molecule has 0 saturated heterocycles. The normalized spacial score (nSPS) is 13.1. The number of rotatable bonds is 8. The molecule has 0 heterocycles. The van der Waals surface area contributed by atoms with Crippen molar-refractivity contribution in [2.75, 3.05) is 0 Å². The SMILES string of the molecule is CCCCCC(C)NS(=O)(=O)c1ccc([N+](=O)[O-])c(F)c1. The van der Waals surface area contributed by atoms with E-state index in [4.69, 9.17) is 0 Å². The molecule has 1 aromatic carbocycles. The number of nitro groups is 1. The number of unbranched alkanes of at least 4 members (excludes halogenated alkanes) is 2. The van der Waals surface area contributed by atoms with Crippen molar-refractivity contribution < 1.29 is 17.7 Å². The van der Waals surface area contributed by atoms with E-state index in [1.54, 1.807) is 6.92 Å². The molecule has 118 valence electrons. The summed E-state index contributed by atoms with van der Waals surface area (Å²) in [5.74, 6) is -1.17. The third-order valence-electron chi connectivity index (χ3n) is 3.02. The summed E-state index contributed by atoms with van der Waals surface area (Å²) in [6, 6.07) is 2.27. The van der Waals surface area contributed by atoms with E-state index in [1.807, 2.05) is 0 Å². The van der Waals surface area contributed by atoms with Crippen LogP contribution in [0, 0.1) is 15.9 Å². The first-order valence-electron chi connectivity index (χ1n) is 6.74. The molecule has 1 rings (SSSR count). The summed E-state index contributed by atoms with van der Waals surface area (Å²) < 4.78 is 40.0. The van der Waals surface area contributed by atoms with Gasteiger partial charge in [0.15, 0.2) is 0 Å². The monoisotopic (exact) mass is 318 g/mol. The number of nitrogens with zero attached hydrogens (tertiary/aromatic N) is 1. The highest BCUT2D eigenvalue weighted by molar-refractivity contribution is 7.89. The molecule has 0 amide bonds. The molecule has 0 saturated carbocycles. The molecule has 8 heteroatoms. The molecule has 1 N–H and O–H groups in total. The first-order chi connectivity index (χ1) is 9.77. The number of hydrogen-bond donors (Lipinski definition) is 1. The van der Waals surface area contributed by atoms with Crippen molar-refractivity contribution in [3.63, 3.8) is 0 Å². The Balaban J connectivity index is 2.83. The number of sulfonamides is 1. The van der Waals surface area contributed by atoms with Crippen LogP contribution in [-0.2, 0) is 10.0 Å². The van der Waals surface area contributed by atoms with Gasteiger partial charge in [0.05, 0.1) is 9.82 Å². The molecule has 1 aromatic rings. The molecule has 21 heavy (non-hydrogen) atoms. The first-order valence-corrected chi connectivity index (χ1v) is 8.22. The van der Waals surface area contributed by atoms with Gasteiger partial charge >= 0.3 is 5.69 Å². The maximum Gasteiger partial charge on any atom is 0.304 e. The third-order valence-corrected chi connectivity index (χ3v) is 4.61. The smallest absolute Gasteiger partial charge is 0.258 e. The molecule has 0 bridgehead atoms. The van der Waals surface area contributed by atoms with Gasteiger partial charge < -0.3 is 0 Å². The number of hydrogen-bond acceptors (Lipinski definition) is 4. The van der Waals surface area contributed by atoms with Crippen molar-refractivity contribution in [3.05, 3.63) is 34.1 Å². The Bertz CT molecular complexity index is 604. The highest BCUT2D eigenvalue weighted by atomic mass is 32.2. The Morgan fingerprint density at radius 1 is 1.38 bits per heavy atom. The van der Waals surface area contributed by atoms with Gasteiger partial charge in [-0.05, 0) is 19.4 Å². The molecule has 0 radical (unpaired) electrons. The minimum absolute atomic E-state index is 0.278. The third kappa shape index (κ3) is 5.05. The van der Waals surface area contributed by atoms with E-state index in [0.29, 0.717) is 12.5 Å². The predicted molar refractivity (Wildman–Crippen MR) is 77.0 cm³/mol. The lowest BCUT2D eigenvalue weighted by Crippen LogP contribution is -2.32. The summed E-state index contributed by atoms with van der Waals surface area (Å²) in [4.78, 5) is 9.30. The Hall–Kier alpha value is -1.54. The molecule has 0 aliphatic heterocycles. The quantitative estimate of drug-likeness (QED) is 0.453. The second kappa shape index (κ2) is 7.46. The fraction of sp³-hybridized carbons (Fsp3) is 0.538. The van der Waals surface area contributed by atoms with E-state index < -0.39 is 26.5 Å². The number of halogens is 1. The van der Waals surface area contributed by atoms with Gasteiger partial charge in [-0.3, -0.25) is 10.1 Å². The van der Waals surface area contributed by atoms with Crippen molar-refractivity contribution in [2.45, 2.75) is 50.5 Å². The number of nitro benzene ring substituents is 1. The Morgan fingerprint density at radius 2 is 2.05 bits per heavy atom. The average Bonchev–Trinajstić information content (AvgIpc) is 2.37. The van der Waals surface area contributed by atoms with Crippen LogP contribution >= 0.6 is 0 Å². The van der Waals surface area contributed by atoms with Crippen molar-refractivity contribution >= 4 is 15.7 Å². The maximum atomic E-state index is 13.5. The molecule has 0 aliphatic carbocycles.